The minimum Gasteiger partial charge on any atom is -1.00 e. The highest BCUT2D eigenvalue weighted by Gasteiger charge is 2.04. The van der Waals surface area contributed by atoms with Gasteiger partial charge >= 0.3 is 0 Å². The molecule has 2 heterocycles. The normalized spacial score (nSPS) is 10.5. The summed E-state index contributed by atoms with van der Waals surface area (Å²) in [5.41, 5.74) is 3.38. The molecule has 0 aliphatic rings. The standard InChI is InChI=1S/C12H10N2.ClH/c1-8-12-10(6-7-13-8)9-4-2-3-5-11(9)14-12;/h2-7,14H,1H3;1H/p-1. The molecule has 0 radical (unpaired) electrons. The predicted octanol–water partition coefficient (Wildman–Crippen LogP) is 0.0285. The molecule has 1 N–H and O–H groups in total. The van der Waals surface area contributed by atoms with Crippen molar-refractivity contribution in [2.45, 2.75) is 6.92 Å². The number of nitrogens with one attached hydrogen (secondary N) is 1. The van der Waals surface area contributed by atoms with Crippen LogP contribution in [0.15, 0.2) is 36.5 Å². The molecule has 0 aliphatic heterocycles. The Morgan fingerprint density at radius 1 is 1.07 bits per heavy atom. The molecule has 15 heavy (non-hydrogen) atoms. The number of fused-ring (bicyclic) bond motifs is 3. The Morgan fingerprint density at radius 3 is 2.73 bits per heavy atom. The van der Waals surface area contributed by atoms with Gasteiger partial charge in [-0.05, 0) is 19.1 Å². The Morgan fingerprint density at radius 2 is 1.87 bits per heavy atom. The maximum absolute atomic E-state index is 4.27. The van der Waals surface area contributed by atoms with E-state index in [1.54, 1.807) is 0 Å². The first-order chi connectivity index (χ1) is 6.86. The first-order valence-electron chi connectivity index (χ1n) is 4.68. The van der Waals surface area contributed by atoms with Crippen LogP contribution in [0.5, 0.6) is 0 Å². The summed E-state index contributed by atoms with van der Waals surface area (Å²) < 4.78 is 0. The van der Waals surface area contributed by atoms with Gasteiger partial charge in [-0.25, -0.2) is 0 Å². The molecule has 3 heteroatoms. The van der Waals surface area contributed by atoms with Crippen molar-refractivity contribution in [2.75, 3.05) is 0 Å². The number of halogens is 1. The van der Waals surface area contributed by atoms with Crippen LogP contribution in [-0.4, -0.2) is 9.97 Å². The quantitative estimate of drug-likeness (QED) is 0.566. The van der Waals surface area contributed by atoms with Crippen LogP contribution >= 0.6 is 0 Å². The van der Waals surface area contributed by atoms with Crippen LogP contribution in [0.4, 0.5) is 0 Å². The minimum absolute atomic E-state index is 0. The van der Waals surface area contributed by atoms with Gasteiger partial charge in [0.05, 0.1) is 11.2 Å². The number of hydrogen-bond acceptors (Lipinski definition) is 1. The molecular weight excluding hydrogens is 208 g/mol. The lowest BCUT2D eigenvalue weighted by Crippen LogP contribution is -3.00. The molecule has 3 rings (SSSR count). The molecule has 3 aromatic rings. The molecular formula is C12H10ClN2-. The lowest BCUT2D eigenvalue weighted by molar-refractivity contribution is -0.00000290. The van der Waals surface area contributed by atoms with Crippen LogP contribution in [0.2, 0.25) is 0 Å². The number of hydrogen-bond donors (Lipinski definition) is 1. The molecule has 0 saturated carbocycles. The van der Waals surface area contributed by atoms with E-state index in [4.69, 9.17) is 0 Å². The monoisotopic (exact) mass is 217 g/mol. The summed E-state index contributed by atoms with van der Waals surface area (Å²) >= 11 is 0. The van der Waals surface area contributed by atoms with Gasteiger partial charge in [-0.15, -0.1) is 0 Å². The van der Waals surface area contributed by atoms with E-state index in [0.717, 1.165) is 11.2 Å². The largest absolute Gasteiger partial charge is 1.00 e. The summed E-state index contributed by atoms with van der Waals surface area (Å²) in [7, 11) is 0. The van der Waals surface area contributed by atoms with Crippen molar-refractivity contribution in [3.8, 4) is 0 Å². The predicted molar refractivity (Wildman–Crippen MR) is 58.3 cm³/mol. The second kappa shape index (κ2) is 3.55. The zero-order chi connectivity index (χ0) is 9.54. The second-order valence-corrected chi connectivity index (χ2v) is 3.49. The number of aromatic nitrogens is 2. The number of aromatic amines is 1. The molecule has 2 nitrogen and oxygen atoms in total. The van der Waals surface area contributed by atoms with Crippen LogP contribution in [0, 0.1) is 6.92 Å². The van der Waals surface area contributed by atoms with E-state index in [-0.39, 0.29) is 12.4 Å². The molecule has 0 bridgehead atoms. The molecule has 76 valence electrons. The van der Waals surface area contributed by atoms with Gasteiger partial charge in [0.2, 0.25) is 0 Å². The molecule has 0 atom stereocenters. The van der Waals surface area contributed by atoms with Crippen molar-refractivity contribution in [1.29, 1.82) is 0 Å². The van der Waals surface area contributed by atoms with Crippen molar-refractivity contribution >= 4 is 21.8 Å². The molecule has 0 fully saturated rings. The van der Waals surface area contributed by atoms with Gasteiger partial charge in [-0.2, -0.15) is 0 Å². The van der Waals surface area contributed by atoms with Crippen molar-refractivity contribution in [1.82, 2.24) is 9.97 Å². The molecule has 0 saturated heterocycles. The molecule has 0 unspecified atom stereocenters. The molecule has 1 aromatic carbocycles. The third kappa shape index (κ3) is 1.38. The summed E-state index contributed by atoms with van der Waals surface area (Å²) in [5.74, 6) is 0. The van der Waals surface area contributed by atoms with Crippen LogP contribution in [-0.2, 0) is 0 Å². The first-order valence-corrected chi connectivity index (χ1v) is 4.68. The Labute approximate surface area is 93.7 Å². The van der Waals surface area contributed by atoms with Crippen LogP contribution < -0.4 is 12.4 Å². The third-order valence-electron chi connectivity index (χ3n) is 2.62. The van der Waals surface area contributed by atoms with Crippen molar-refractivity contribution in [3.05, 3.63) is 42.2 Å². The number of H-pyrrole nitrogens is 1. The summed E-state index contributed by atoms with van der Waals surface area (Å²) in [4.78, 5) is 7.66. The van der Waals surface area contributed by atoms with Crippen LogP contribution in [0.3, 0.4) is 0 Å². The van der Waals surface area contributed by atoms with Crippen molar-refractivity contribution in [2.24, 2.45) is 0 Å². The fourth-order valence-electron chi connectivity index (χ4n) is 1.91. The number of nitrogens with zero attached hydrogens (tertiary/aromatic N) is 1. The van der Waals surface area contributed by atoms with Gasteiger partial charge < -0.3 is 17.4 Å². The Kier molecular flexibility index (Phi) is 2.37. The SMILES string of the molecule is Cc1nccc2c1[nH]c1ccccc12.[Cl-]. The molecule has 0 amide bonds. The van der Waals surface area contributed by atoms with E-state index in [1.807, 2.05) is 19.2 Å². The van der Waals surface area contributed by atoms with Gasteiger partial charge in [0.1, 0.15) is 0 Å². The highest BCUT2D eigenvalue weighted by Crippen LogP contribution is 2.25. The van der Waals surface area contributed by atoms with Gasteiger partial charge in [0, 0.05) is 22.5 Å². The Bertz CT molecular complexity index is 613. The summed E-state index contributed by atoms with van der Waals surface area (Å²) in [6.45, 7) is 2.03. The molecule has 0 aliphatic carbocycles. The van der Waals surface area contributed by atoms with E-state index < -0.39 is 0 Å². The lowest BCUT2D eigenvalue weighted by Gasteiger charge is -1.92. The fraction of sp³-hybridized carbons (Fsp3) is 0.0833. The number of aryl methyl sites for hydroxylation is 1. The zero-order valence-electron chi connectivity index (χ0n) is 8.29. The van der Waals surface area contributed by atoms with Crippen molar-refractivity contribution in [3.63, 3.8) is 0 Å². The van der Waals surface area contributed by atoms with E-state index >= 15 is 0 Å². The number of rotatable bonds is 0. The lowest BCUT2D eigenvalue weighted by atomic mass is 10.2. The topological polar surface area (TPSA) is 28.7 Å². The molecule has 2 aromatic heterocycles. The summed E-state index contributed by atoms with van der Waals surface area (Å²) in [5, 5.41) is 2.53. The molecule has 0 spiro atoms. The smallest absolute Gasteiger partial charge is 0.0681 e. The van der Waals surface area contributed by atoms with E-state index in [2.05, 4.69) is 34.2 Å². The van der Waals surface area contributed by atoms with Gasteiger partial charge in [-0.1, -0.05) is 18.2 Å². The van der Waals surface area contributed by atoms with E-state index in [9.17, 15) is 0 Å². The van der Waals surface area contributed by atoms with Crippen LogP contribution in [0.1, 0.15) is 5.69 Å². The number of benzene rings is 1. The second-order valence-electron chi connectivity index (χ2n) is 3.49. The zero-order valence-corrected chi connectivity index (χ0v) is 9.05. The summed E-state index contributed by atoms with van der Waals surface area (Å²) in [6, 6.07) is 10.4. The highest BCUT2D eigenvalue weighted by atomic mass is 35.5. The Hall–Kier alpha value is -1.54. The van der Waals surface area contributed by atoms with Gasteiger partial charge in [0.15, 0.2) is 0 Å². The summed E-state index contributed by atoms with van der Waals surface area (Å²) in [6.07, 6.45) is 1.86. The highest BCUT2D eigenvalue weighted by molar-refractivity contribution is 6.07. The maximum atomic E-state index is 4.27. The average Bonchev–Trinajstić information content (AvgIpc) is 2.59. The fourth-order valence-corrected chi connectivity index (χ4v) is 1.91. The van der Waals surface area contributed by atoms with Crippen LogP contribution in [0.25, 0.3) is 21.8 Å². The average molecular weight is 218 g/mol. The van der Waals surface area contributed by atoms with Crippen molar-refractivity contribution < 1.29 is 12.4 Å². The van der Waals surface area contributed by atoms with E-state index in [0.29, 0.717) is 0 Å². The van der Waals surface area contributed by atoms with E-state index in [1.165, 1.54) is 16.3 Å². The third-order valence-corrected chi connectivity index (χ3v) is 2.62. The maximum Gasteiger partial charge on any atom is 0.0681 e. The van der Waals surface area contributed by atoms with Gasteiger partial charge in [-0.3, -0.25) is 4.98 Å². The number of para-hydroxylation sites is 1. The first kappa shape index (κ1) is 9.99. The number of pyridine rings is 1. The minimum atomic E-state index is 0. The Balaban J connectivity index is 0.000000853. The van der Waals surface area contributed by atoms with Gasteiger partial charge in [0.25, 0.3) is 0 Å².